The number of carboxylic acids is 1. The number of aromatic nitrogens is 1. The Bertz CT molecular complexity index is 524. The third-order valence-corrected chi connectivity index (χ3v) is 2.98. The maximum Gasteiger partial charge on any atom is 0.307 e. The van der Waals surface area contributed by atoms with Gasteiger partial charge in [-0.3, -0.25) is 4.79 Å². The first-order valence-electron chi connectivity index (χ1n) is 4.73. The van der Waals surface area contributed by atoms with Crippen molar-refractivity contribution in [3.05, 3.63) is 40.4 Å². The smallest absolute Gasteiger partial charge is 0.307 e. The number of carboxylic acid groups (broad SMARTS) is 1. The summed E-state index contributed by atoms with van der Waals surface area (Å²) in [4.78, 5) is 14.4. The van der Waals surface area contributed by atoms with Crippen LogP contribution < -0.4 is 4.74 Å². The first kappa shape index (κ1) is 11.9. The Hall–Kier alpha value is -1.59. The van der Waals surface area contributed by atoms with E-state index in [1.54, 1.807) is 29.6 Å². The Labute approximate surface area is 106 Å². The van der Waals surface area contributed by atoms with Crippen molar-refractivity contribution in [1.29, 1.82) is 0 Å². The van der Waals surface area contributed by atoms with E-state index >= 15 is 0 Å². The molecular formula is C11H8ClNO3S. The van der Waals surface area contributed by atoms with Crippen molar-refractivity contribution >= 4 is 28.9 Å². The van der Waals surface area contributed by atoms with Gasteiger partial charge < -0.3 is 9.84 Å². The van der Waals surface area contributed by atoms with Crippen LogP contribution in [0.5, 0.6) is 10.9 Å². The molecule has 2 aromatic rings. The van der Waals surface area contributed by atoms with Crippen molar-refractivity contribution in [2.24, 2.45) is 0 Å². The molecule has 0 saturated heterocycles. The van der Waals surface area contributed by atoms with Crippen molar-refractivity contribution in [2.45, 2.75) is 6.42 Å². The molecule has 0 bridgehead atoms. The second-order valence-corrected chi connectivity index (χ2v) is 4.46. The highest BCUT2D eigenvalue weighted by molar-refractivity contribution is 7.11. The Morgan fingerprint density at radius 3 is 2.65 bits per heavy atom. The van der Waals surface area contributed by atoms with Crippen LogP contribution in [0.25, 0.3) is 0 Å². The number of aliphatic carboxylic acids is 1. The number of hydrogen-bond acceptors (Lipinski definition) is 4. The molecule has 1 N–H and O–H groups in total. The monoisotopic (exact) mass is 269 g/mol. The highest BCUT2D eigenvalue weighted by Gasteiger charge is 2.04. The van der Waals surface area contributed by atoms with Crippen molar-refractivity contribution in [1.82, 2.24) is 4.98 Å². The summed E-state index contributed by atoms with van der Waals surface area (Å²) in [6.07, 6.45) is 0.00333. The molecule has 1 aromatic heterocycles. The summed E-state index contributed by atoms with van der Waals surface area (Å²) in [7, 11) is 0. The molecule has 0 saturated carbocycles. The summed E-state index contributed by atoms with van der Waals surface area (Å²) < 4.78 is 5.43. The molecule has 2 rings (SSSR count). The van der Waals surface area contributed by atoms with Crippen LogP contribution in [0.4, 0.5) is 0 Å². The Morgan fingerprint density at radius 2 is 2.12 bits per heavy atom. The van der Waals surface area contributed by atoms with E-state index in [1.165, 1.54) is 11.3 Å². The molecule has 1 aromatic carbocycles. The van der Waals surface area contributed by atoms with E-state index in [1.807, 2.05) is 0 Å². The summed E-state index contributed by atoms with van der Waals surface area (Å²) in [5.74, 6) is -0.254. The standard InChI is InChI=1S/C11H8ClNO3S/c12-9-6-17-11(13-9)16-8-3-1-7(2-4-8)5-10(14)15/h1-4,6H,5H2,(H,14,15). The molecule has 0 amide bonds. The zero-order valence-corrected chi connectivity index (χ0v) is 10.2. The highest BCUT2D eigenvalue weighted by atomic mass is 35.5. The molecule has 6 heteroatoms. The van der Waals surface area contributed by atoms with E-state index < -0.39 is 5.97 Å². The van der Waals surface area contributed by atoms with Gasteiger partial charge in [-0.2, -0.15) is 4.98 Å². The lowest BCUT2D eigenvalue weighted by atomic mass is 10.1. The second kappa shape index (κ2) is 5.16. The van der Waals surface area contributed by atoms with E-state index in [-0.39, 0.29) is 6.42 Å². The first-order chi connectivity index (χ1) is 8.13. The maximum atomic E-state index is 10.5. The van der Waals surface area contributed by atoms with Crippen molar-refractivity contribution < 1.29 is 14.6 Å². The molecule has 0 unspecified atom stereocenters. The van der Waals surface area contributed by atoms with Crippen molar-refractivity contribution in [2.75, 3.05) is 0 Å². The van der Waals surface area contributed by atoms with Crippen LogP contribution >= 0.6 is 22.9 Å². The van der Waals surface area contributed by atoms with Gasteiger partial charge in [0.15, 0.2) is 0 Å². The van der Waals surface area contributed by atoms with Crippen LogP contribution in [0.3, 0.4) is 0 Å². The minimum atomic E-state index is -0.856. The number of thiazole rings is 1. The summed E-state index contributed by atoms with van der Waals surface area (Å²) in [5.41, 5.74) is 0.724. The molecule has 17 heavy (non-hydrogen) atoms. The fourth-order valence-electron chi connectivity index (χ4n) is 1.24. The topological polar surface area (TPSA) is 59.4 Å². The predicted molar refractivity (Wildman–Crippen MR) is 65.0 cm³/mol. The zero-order valence-electron chi connectivity index (χ0n) is 8.59. The van der Waals surface area contributed by atoms with Gasteiger partial charge in [-0.25, -0.2) is 0 Å². The molecule has 0 atom stereocenters. The van der Waals surface area contributed by atoms with E-state index in [9.17, 15) is 4.79 Å². The summed E-state index contributed by atoms with van der Waals surface area (Å²) in [6, 6.07) is 6.82. The second-order valence-electron chi connectivity index (χ2n) is 3.25. The molecule has 4 nitrogen and oxygen atoms in total. The van der Waals surface area contributed by atoms with Crippen molar-refractivity contribution in [3.8, 4) is 10.9 Å². The molecule has 0 aliphatic carbocycles. The molecule has 0 aliphatic heterocycles. The fraction of sp³-hybridized carbons (Fsp3) is 0.0909. The van der Waals surface area contributed by atoms with Gasteiger partial charge in [0.25, 0.3) is 5.19 Å². The number of halogens is 1. The molecule has 0 fully saturated rings. The first-order valence-corrected chi connectivity index (χ1v) is 5.99. The van der Waals surface area contributed by atoms with Crippen LogP contribution in [0.15, 0.2) is 29.6 Å². The highest BCUT2D eigenvalue weighted by Crippen LogP contribution is 2.27. The lowest BCUT2D eigenvalue weighted by molar-refractivity contribution is -0.136. The molecular weight excluding hydrogens is 262 g/mol. The predicted octanol–water partition coefficient (Wildman–Crippen LogP) is 3.22. The van der Waals surface area contributed by atoms with E-state index in [2.05, 4.69) is 4.98 Å². The van der Waals surface area contributed by atoms with E-state index in [0.29, 0.717) is 16.1 Å². The zero-order chi connectivity index (χ0) is 12.3. The van der Waals surface area contributed by atoms with Gasteiger partial charge in [0.2, 0.25) is 0 Å². The average molecular weight is 270 g/mol. The Morgan fingerprint density at radius 1 is 1.41 bits per heavy atom. The number of nitrogens with zero attached hydrogens (tertiary/aromatic N) is 1. The number of carbonyl (C=O) groups is 1. The van der Waals surface area contributed by atoms with Crippen LogP contribution in [-0.2, 0) is 11.2 Å². The van der Waals surface area contributed by atoms with Gasteiger partial charge in [0.05, 0.1) is 6.42 Å². The van der Waals surface area contributed by atoms with Gasteiger partial charge in [-0.1, -0.05) is 35.1 Å². The molecule has 1 heterocycles. The van der Waals surface area contributed by atoms with Gasteiger partial charge >= 0.3 is 5.97 Å². The minimum absolute atomic E-state index is 0.00333. The number of rotatable bonds is 4. The maximum absolute atomic E-state index is 10.5. The lowest BCUT2D eigenvalue weighted by Crippen LogP contribution is -1.99. The third kappa shape index (κ3) is 3.44. The largest absolute Gasteiger partial charge is 0.481 e. The Kier molecular flexibility index (Phi) is 3.61. The van der Waals surface area contributed by atoms with Gasteiger partial charge in [-0.15, -0.1) is 0 Å². The summed E-state index contributed by atoms with van der Waals surface area (Å²) in [5, 5.41) is 11.2. The molecule has 88 valence electrons. The van der Waals surface area contributed by atoms with Gasteiger partial charge in [-0.05, 0) is 17.7 Å². The van der Waals surface area contributed by atoms with Crippen LogP contribution in [0.1, 0.15) is 5.56 Å². The quantitative estimate of drug-likeness (QED) is 0.926. The SMILES string of the molecule is O=C(O)Cc1ccc(Oc2nc(Cl)cs2)cc1. The fourth-order valence-corrected chi connectivity index (χ4v) is 2.04. The van der Waals surface area contributed by atoms with Crippen LogP contribution in [0, 0.1) is 0 Å². The molecule has 0 spiro atoms. The summed E-state index contributed by atoms with van der Waals surface area (Å²) >= 11 is 6.96. The summed E-state index contributed by atoms with van der Waals surface area (Å²) in [6.45, 7) is 0. The van der Waals surface area contributed by atoms with Gasteiger partial charge in [0, 0.05) is 5.38 Å². The molecule has 0 radical (unpaired) electrons. The average Bonchev–Trinajstić information content (AvgIpc) is 2.66. The van der Waals surface area contributed by atoms with Crippen molar-refractivity contribution in [3.63, 3.8) is 0 Å². The molecule has 0 aliphatic rings. The van der Waals surface area contributed by atoms with Crippen LogP contribution in [0.2, 0.25) is 5.15 Å². The minimum Gasteiger partial charge on any atom is -0.481 e. The third-order valence-electron chi connectivity index (χ3n) is 1.94. The number of hydrogen-bond donors (Lipinski definition) is 1. The van der Waals surface area contributed by atoms with E-state index in [4.69, 9.17) is 21.4 Å². The van der Waals surface area contributed by atoms with Gasteiger partial charge in [0.1, 0.15) is 10.9 Å². The number of ether oxygens (including phenoxy) is 1. The number of benzene rings is 1. The lowest BCUT2D eigenvalue weighted by Gasteiger charge is -2.02. The van der Waals surface area contributed by atoms with Crippen LogP contribution in [-0.4, -0.2) is 16.1 Å². The Balaban J connectivity index is 2.05. The van der Waals surface area contributed by atoms with E-state index in [0.717, 1.165) is 5.56 Å². The normalized spacial score (nSPS) is 10.2.